The summed E-state index contributed by atoms with van der Waals surface area (Å²) < 4.78 is 99.1. The monoisotopic (exact) mass is 342 g/mol. The summed E-state index contributed by atoms with van der Waals surface area (Å²) in [4.78, 5) is 0. The molecule has 114 valence electrons. The Morgan fingerprint density at radius 3 is 2.05 bits per heavy atom. The molecule has 0 radical (unpaired) electrons. The summed E-state index contributed by atoms with van der Waals surface area (Å²) in [5.41, 5.74) is -0.978. The van der Waals surface area contributed by atoms with Crippen LogP contribution in [0, 0.1) is 0 Å². The van der Waals surface area contributed by atoms with Crippen molar-refractivity contribution in [2.24, 2.45) is 0 Å². The average molecular weight is 343 g/mol. The van der Waals surface area contributed by atoms with Gasteiger partial charge in [-0.15, -0.1) is 13.2 Å². The number of hydrogen-bond acceptors (Lipinski definition) is 3. The van der Waals surface area contributed by atoms with Crippen molar-refractivity contribution in [3.63, 3.8) is 0 Å². The Balaban J connectivity index is 3.27. The van der Waals surface area contributed by atoms with Crippen LogP contribution in [-0.2, 0) is 9.05 Å². The van der Waals surface area contributed by atoms with E-state index in [2.05, 4.69) is 4.74 Å². The van der Waals surface area contributed by atoms with E-state index in [0.29, 0.717) is 12.1 Å². The van der Waals surface area contributed by atoms with Gasteiger partial charge in [-0.25, -0.2) is 8.42 Å². The van der Waals surface area contributed by atoms with Gasteiger partial charge in [-0.3, -0.25) is 0 Å². The molecular formula is C9H5ClF6O3S. The number of alkyl halides is 6. The van der Waals surface area contributed by atoms with Gasteiger partial charge in [0.05, 0.1) is 0 Å². The van der Waals surface area contributed by atoms with E-state index >= 15 is 0 Å². The molecule has 1 atom stereocenters. The van der Waals surface area contributed by atoms with Crippen molar-refractivity contribution in [3.05, 3.63) is 29.8 Å². The molecule has 0 aliphatic rings. The Labute approximate surface area is 113 Å². The van der Waals surface area contributed by atoms with Gasteiger partial charge in [0.15, 0.2) is 5.25 Å². The molecule has 1 aromatic carbocycles. The highest BCUT2D eigenvalue weighted by molar-refractivity contribution is 8.14. The third kappa shape index (κ3) is 4.75. The Bertz CT molecular complexity index is 580. The zero-order chi connectivity index (χ0) is 15.8. The fourth-order valence-corrected chi connectivity index (χ4v) is 2.79. The van der Waals surface area contributed by atoms with Gasteiger partial charge in [-0.2, -0.15) is 13.2 Å². The van der Waals surface area contributed by atoms with Crippen molar-refractivity contribution < 1.29 is 39.5 Å². The molecule has 0 saturated heterocycles. The van der Waals surface area contributed by atoms with Gasteiger partial charge in [0, 0.05) is 10.7 Å². The van der Waals surface area contributed by atoms with Gasteiger partial charge in [-0.1, -0.05) is 12.1 Å². The van der Waals surface area contributed by atoms with Gasteiger partial charge in [0.1, 0.15) is 5.75 Å². The molecule has 0 aliphatic heterocycles. The van der Waals surface area contributed by atoms with Crippen molar-refractivity contribution in [2.45, 2.75) is 17.8 Å². The first-order chi connectivity index (χ1) is 8.81. The van der Waals surface area contributed by atoms with E-state index in [0.717, 1.165) is 12.1 Å². The third-order valence-corrected chi connectivity index (χ3v) is 3.61. The molecule has 0 spiro atoms. The highest BCUT2D eigenvalue weighted by Crippen LogP contribution is 2.42. The van der Waals surface area contributed by atoms with E-state index < -0.39 is 38.2 Å². The molecule has 1 rings (SSSR count). The van der Waals surface area contributed by atoms with Crippen molar-refractivity contribution in [2.75, 3.05) is 0 Å². The summed E-state index contributed by atoms with van der Waals surface area (Å²) in [7, 11) is -0.433. The van der Waals surface area contributed by atoms with Crippen molar-refractivity contribution >= 4 is 19.7 Å². The smallest absolute Gasteiger partial charge is 0.406 e. The maximum Gasteiger partial charge on any atom is 0.573 e. The molecule has 0 amide bonds. The SMILES string of the molecule is O=S(=O)(Cl)C(c1cccc(OC(F)(F)F)c1)C(F)(F)F. The first-order valence-electron chi connectivity index (χ1n) is 4.66. The van der Waals surface area contributed by atoms with E-state index in [1.165, 1.54) is 0 Å². The fraction of sp³-hybridized carbons (Fsp3) is 0.333. The molecule has 0 fully saturated rings. The predicted octanol–water partition coefficient (Wildman–Crippen LogP) is 3.76. The van der Waals surface area contributed by atoms with Crippen LogP contribution in [0.3, 0.4) is 0 Å². The summed E-state index contributed by atoms with van der Waals surface area (Å²) >= 11 is 0. The maximum atomic E-state index is 12.6. The third-order valence-electron chi connectivity index (χ3n) is 1.97. The van der Waals surface area contributed by atoms with Crippen LogP contribution in [0.15, 0.2) is 24.3 Å². The van der Waals surface area contributed by atoms with E-state index in [-0.39, 0.29) is 0 Å². The van der Waals surface area contributed by atoms with Crippen molar-refractivity contribution in [1.82, 2.24) is 0 Å². The van der Waals surface area contributed by atoms with Gasteiger partial charge in [0.2, 0.25) is 9.05 Å². The van der Waals surface area contributed by atoms with Crippen molar-refractivity contribution in [3.8, 4) is 5.75 Å². The number of rotatable bonds is 3. The van der Waals surface area contributed by atoms with Gasteiger partial charge in [0.25, 0.3) is 0 Å². The average Bonchev–Trinajstić information content (AvgIpc) is 2.09. The maximum absolute atomic E-state index is 12.6. The molecule has 11 heteroatoms. The summed E-state index contributed by atoms with van der Waals surface area (Å²) in [5.74, 6) is -0.982. The van der Waals surface area contributed by atoms with Gasteiger partial charge >= 0.3 is 12.5 Å². The number of ether oxygens (including phenoxy) is 1. The van der Waals surface area contributed by atoms with E-state index in [9.17, 15) is 34.8 Å². The van der Waals surface area contributed by atoms with Crippen LogP contribution in [0.4, 0.5) is 26.3 Å². The highest BCUT2D eigenvalue weighted by Gasteiger charge is 2.49. The van der Waals surface area contributed by atoms with E-state index in [1.807, 2.05) is 0 Å². The second kappa shape index (κ2) is 5.32. The minimum atomic E-state index is -5.28. The molecule has 3 nitrogen and oxygen atoms in total. The van der Waals surface area contributed by atoms with Crippen LogP contribution < -0.4 is 4.74 Å². The normalized spacial score (nSPS) is 14.9. The molecule has 0 bridgehead atoms. The molecule has 20 heavy (non-hydrogen) atoms. The summed E-state index contributed by atoms with van der Waals surface area (Å²) in [6.45, 7) is 0. The van der Waals surface area contributed by atoms with Gasteiger partial charge in [-0.05, 0) is 17.7 Å². The summed E-state index contributed by atoms with van der Waals surface area (Å²) in [6.07, 6.45) is -10.4. The molecule has 0 heterocycles. The predicted molar refractivity (Wildman–Crippen MR) is 56.7 cm³/mol. The quantitative estimate of drug-likeness (QED) is 0.620. The number of hydrogen-bond donors (Lipinski definition) is 0. The number of benzene rings is 1. The van der Waals surface area contributed by atoms with Crippen LogP contribution >= 0.6 is 10.7 Å². The zero-order valence-corrected chi connectivity index (χ0v) is 10.7. The minimum Gasteiger partial charge on any atom is -0.406 e. The Hall–Kier alpha value is -1.16. The van der Waals surface area contributed by atoms with Crippen LogP contribution in [0.25, 0.3) is 0 Å². The van der Waals surface area contributed by atoms with Gasteiger partial charge < -0.3 is 4.74 Å². The first kappa shape index (κ1) is 16.9. The van der Waals surface area contributed by atoms with E-state index in [1.54, 1.807) is 0 Å². The molecular weight excluding hydrogens is 338 g/mol. The van der Waals surface area contributed by atoms with Crippen LogP contribution in [0.5, 0.6) is 5.75 Å². The second-order valence-electron chi connectivity index (χ2n) is 3.52. The van der Waals surface area contributed by atoms with E-state index in [4.69, 9.17) is 10.7 Å². The Morgan fingerprint density at radius 1 is 1.10 bits per heavy atom. The lowest BCUT2D eigenvalue weighted by molar-refractivity contribution is -0.274. The second-order valence-corrected chi connectivity index (χ2v) is 6.23. The molecule has 1 unspecified atom stereocenters. The molecule has 0 aliphatic carbocycles. The number of halogens is 7. The summed E-state index contributed by atoms with van der Waals surface area (Å²) in [5, 5.41) is -3.14. The lowest BCUT2D eigenvalue weighted by atomic mass is 10.1. The molecule has 0 saturated carbocycles. The van der Waals surface area contributed by atoms with Crippen LogP contribution in [-0.4, -0.2) is 21.0 Å². The zero-order valence-electron chi connectivity index (χ0n) is 9.17. The minimum absolute atomic E-state index is 0.311. The van der Waals surface area contributed by atoms with Crippen molar-refractivity contribution in [1.29, 1.82) is 0 Å². The largest absolute Gasteiger partial charge is 0.573 e. The van der Waals surface area contributed by atoms with Crippen LogP contribution in [0.1, 0.15) is 10.8 Å². The standard InChI is InChI=1S/C9H5ClF6O3S/c10-20(17,18)7(8(11,12)13)5-2-1-3-6(4-5)19-9(14,15)16/h1-4,7H. The Kier molecular flexibility index (Phi) is 4.49. The lowest BCUT2D eigenvalue weighted by Crippen LogP contribution is -2.26. The first-order valence-corrected chi connectivity index (χ1v) is 7.04. The molecule has 0 N–H and O–H groups in total. The molecule has 1 aromatic rings. The molecule has 0 aromatic heterocycles. The topological polar surface area (TPSA) is 43.4 Å². The van der Waals surface area contributed by atoms with Crippen LogP contribution in [0.2, 0.25) is 0 Å². The summed E-state index contributed by atoms with van der Waals surface area (Å²) in [6, 6.07) is 2.51. The lowest BCUT2D eigenvalue weighted by Gasteiger charge is -2.18. The Morgan fingerprint density at radius 2 is 1.65 bits per heavy atom. The fourth-order valence-electron chi connectivity index (χ4n) is 1.39. The highest BCUT2D eigenvalue weighted by atomic mass is 35.7.